The molecule has 7 nitrogen and oxygen atoms in total. The van der Waals surface area contributed by atoms with Crippen molar-refractivity contribution >= 4 is 22.4 Å². The summed E-state index contributed by atoms with van der Waals surface area (Å²) in [5, 5.41) is 16.0. The van der Waals surface area contributed by atoms with Gasteiger partial charge in [-0.15, -0.1) is 21.5 Å². The van der Waals surface area contributed by atoms with E-state index in [4.69, 9.17) is 0 Å². The Kier molecular flexibility index (Phi) is 3.21. The molecule has 2 aromatic heterocycles. The second-order valence-corrected chi connectivity index (χ2v) is 5.18. The van der Waals surface area contributed by atoms with Crippen LogP contribution < -0.4 is 5.32 Å². The van der Waals surface area contributed by atoms with Crippen molar-refractivity contribution in [3.05, 3.63) is 41.0 Å². The zero-order valence-electron chi connectivity index (χ0n) is 10.5. The highest BCUT2D eigenvalue weighted by atomic mass is 32.1. The molecule has 20 heavy (non-hydrogen) atoms. The minimum absolute atomic E-state index is 0.0147. The van der Waals surface area contributed by atoms with Gasteiger partial charge in [0.15, 0.2) is 5.13 Å². The first-order chi connectivity index (χ1) is 9.74. The average molecular weight is 286 g/mol. The normalized spacial score (nSPS) is 10.4. The summed E-state index contributed by atoms with van der Waals surface area (Å²) in [6, 6.07) is 9.81. The number of anilines is 1. The molecule has 3 aromatic rings. The van der Waals surface area contributed by atoms with E-state index in [2.05, 4.69) is 30.9 Å². The Labute approximate surface area is 118 Å². The van der Waals surface area contributed by atoms with E-state index in [9.17, 15) is 4.79 Å². The lowest BCUT2D eigenvalue weighted by molar-refractivity contribution is 0.101. The summed E-state index contributed by atoms with van der Waals surface area (Å²) in [4.78, 5) is 17.3. The number of aromatic nitrogens is 5. The van der Waals surface area contributed by atoms with E-state index in [1.807, 2.05) is 37.3 Å². The molecule has 100 valence electrons. The second-order valence-electron chi connectivity index (χ2n) is 3.98. The number of carbonyl (C=O) groups excluding carboxylic acids is 1. The van der Waals surface area contributed by atoms with Crippen molar-refractivity contribution in [2.75, 3.05) is 5.32 Å². The van der Waals surface area contributed by atoms with Gasteiger partial charge in [-0.3, -0.25) is 10.1 Å². The summed E-state index contributed by atoms with van der Waals surface area (Å²) in [7, 11) is 0. The van der Waals surface area contributed by atoms with Crippen LogP contribution in [-0.2, 0) is 0 Å². The van der Waals surface area contributed by atoms with Crippen LogP contribution in [0.25, 0.3) is 11.3 Å². The maximum absolute atomic E-state index is 11.8. The van der Waals surface area contributed by atoms with E-state index < -0.39 is 5.91 Å². The number of aromatic amines is 1. The highest BCUT2D eigenvalue weighted by Crippen LogP contribution is 2.30. The third-order valence-corrected chi connectivity index (χ3v) is 3.50. The Morgan fingerprint density at radius 3 is 2.80 bits per heavy atom. The molecule has 0 atom stereocenters. The lowest BCUT2D eigenvalue weighted by Crippen LogP contribution is -2.13. The maximum Gasteiger partial charge on any atom is 0.299 e. The number of nitrogens with zero attached hydrogens (tertiary/aromatic N) is 4. The van der Waals surface area contributed by atoms with Crippen molar-refractivity contribution in [1.29, 1.82) is 0 Å². The number of amides is 1. The largest absolute Gasteiger partial charge is 0.299 e. The third kappa shape index (κ3) is 2.41. The number of tetrazole rings is 1. The van der Waals surface area contributed by atoms with Gasteiger partial charge in [0.1, 0.15) is 0 Å². The van der Waals surface area contributed by atoms with E-state index in [-0.39, 0.29) is 5.82 Å². The van der Waals surface area contributed by atoms with E-state index in [1.165, 1.54) is 11.3 Å². The highest BCUT2D eigenvalue weighted by Gasteiger charge is 2.15. The van der Waals surface area contributed by atoms with Crippen molar-refractivity contribution in [3.63, 3.8) is 0 Å². The van der Waals surface area contributed by atoms with Crippen LogP contribution in [0, 0.1) is 6.92 Å². The summed E-state index contributed by atoms with van der Waals surface area (Å²) < 4.78 is 0. The lowest BCUT2D eigenvalue weighted by Gasteiger charge is -1.97. The minimum atomic E-state index is -0.438. The molecule has 0 fully saturated rings. The van der Waals surface area contributed by atoms with Crippen molar-refractivity contribution in [2.45, 2.75) is 6.92 Å². The van der Waals surface area contributed by atoms with Gasteiger partial charge in [-0.1, -0.05) is 30.3 Å². The molecule has 1 aromatic carbocycles. The van der Waals surface area contributed by atoms with Gasteiger partial charge in [0, 0.05) is 10.4 Å². The van der Waals surface area contributed by atoms with E-state index in [0.29, 0.717) is 5.13 Å². The number of carbonyl (C=O) groups is 1. The van der Waals surface area contributed by atoms with E-state index >= 15 is 0 Å². The molecule has 0 aliphatic carbocycles. The first-order valence-corrected chi connectivity index (χ1v) is 6.63. The fourth-order valence-electron chi connectivity index (χ4n) is 1.72. The van der Waals surface area contributed by atoms with Crippen molar-refractivity contribution in [3.8, 4) is 11.3 Å². The molecular formula is C12H10N6OS. The molecule has 3 rings (SSSR count). The topological polar surface area (TPSA) is 96.5 Å². The molecule has 0 unspecified atom stereocenters. The predicted octanol–water partition coefficient (Wildman–Crippen LogP) is 1.88. The number of nitrogens with one attached hydrogen (secondary N) is 2. The number of rotatable bonds is 3. The van der Waals surface area contributed by atoms with Crippen LogP contribution in [0.2, 0.25) is 0 Å². The molecule has 2 N–H and O–H groups in total. The number of aryl methyl sites for hydroxylation is 1. The van der Waals surface area contributed by atoms with Crippen LogP contribution in [0.4, 0.5) is 5.13 Å². The molecule has 2 heterocycles. The van der Waals surface area contributed by atoms with Crippen molar-refractivity contribution in [2.24, 2.45) is 0 Å². The summed E-state index contributed by atoms with van der Waals surface area (Å²) in [5.74, 6) is -0.453. The Morgan fingerprint density at radius 1 is 1.30 bits per heavy atom. The van der Waals surface area contributed by atoms with Gasteiger partial charge in [-0.2, -0.15) is 5.21 Å². The van der Waals surface area contributed by atoms with Crippen molar-refractivity contribution < 1.29 is 4.79 Å². The Bertz CT molecular complexity index is 722. The fraction of sp³-hybridized carbons (Fsp3) is 0.0833. The summed E-state index contributed by atoms with van der Waals surface area (Å²) in [6.45, 7) is 1.96. The van der Waals surface area contributed by atoms with E-state index in [1.54, 1.807) is 0 Å². The monoisotopic (exact) mass is 286 g/mol. The summed E-state index contributed by atoms with van der Waals surface area (Å²) >= 11 is 1.41. The van der Waals surface area contributed by atoms with Crippen molar-refractivity contribution in [1.82, 2.24) is 25.6 Å². The highest BCUT2D eigenvalue weighted by molar-refractivity contribution is 7.16. The second kappa shape index (κ2) is 5.17. The van der Waals surface area contributed by atoms with E-state index in [0.717, 1.165) is 16.1 Å². The number of benzene rings is 1. The molecule has 0 saturated carbocycles. The number of hydrogen-bond acceptors (Lipinski definition) is 6. The number of thiazole rings is 1. The van der Waals surface area contributed by atoms with Crippen LogP contribution in [0.1, 0.15) is 15.5 Å². The van der Waals surface area contributed by atoms with Crippen LogP contribution in [-0.4, -0.2) is 31.5 Å². The zero-order chi connectivity index (χ0) is 13.9. The first kappa shape index (κ1) is 12.4. The molecule has 0 saturated heterocycles. The SMILES string of the molecule is Cc1sc(NC(=O)c2nn[nH]n2)nc1-c1ccccc1. The summed E-state index contributed by atoms with van der Waals surface area (Å²) in [6.07, 6.45) is 0. The zero-order valence-corrected chi connectivity index (χ0v) is 11.3. The molecule has 0 aliphatic heterocycles. The van der Waals surface area contributed by atoms with Crippen LogP contribution in [0.15, 0.2) is 30.3 Å². The van der Waals surface area contributed by atoms with Gasteiger partial charge in [-0.25, -0.2) is 4.98 Å². The van der Waals surface area contributed by atoms with Gasteiger partial charge in [0.2, 0.25) is 0 Å². The number of H-pyrrole nitrogens is 1. The molecule has 0 spiro atoms. The van der Waals surface area contributed by atoms with Gasteiger partial charge >= 0.3 is 0 Å². The van der Waals surface area contributed by atoms with Crippen LogP contribution in [0.5, 0.6) is 0 Å². The number of hydrogen-bond donors (Lipinski definition) is 2. The molecule has 0 aliphatic rings. The molecular weight excluding hydrogens is 276 g/mol. The lowest BCUT2D eigenvalue weighted by atomic mass is 10.1. The van der Waals surface area contributed by atoms with Gasteiger partial charge in [0.05, 0.1) is 5.69 Å². The average Bonchev–Trinajstić information content (AvgIpc) is 3.09. The Balaban J connectivity index is 1.85. The predicted molar refractivity (Wildman–Crippen MR) is 74.4 cm³/mol. The van der Waals surface area contributed by atoms with Gasteiger partial charge < -0.3 is 0 Å². The minimum Gasteiger partial charge on any atom is -0.295 e. The smallest absolute Gasteiger partial charge is 0.295 e. The first-order valence-electron chi connectivity index (χ1n) is 5.81. The van der Waals surface area contributed by atoms with Gasteiger partial charge in [0.25, 0.3) is 11.7 Å². The maximum atomic E-state index is 11.8. The molecule has 0 radical (unpaired) electrons. The summed E-state index contributed by atoms with van der Waals surface area (Å²) in [5.41, 5.74) is 1.88. The third-order valence-electron chi connectivity index (χ3n) is 2.61. The van der Waals surface area contributed by atoms with Gasteiger partial charge in [-0.05, 0) is 12.1 Å². The van der Waals surface area contributed by atoms with Crippen LogP contribution >= 0.6 is 11.3 Å². The Hall–Kier alpha value is -2.61. The van der Waals surface area contributed by atoms with Crippen LogP contribution in [0.3, 0.4) is 0 Å². The molecule has 0 bridgehead atoms. The quantitative estimate of drug-likeness (QED) is 0.766. The molecule has 8 heteroatoms. The molecule has 1 amide bonds. The Morgan fingerprint density at radius 2 is 2.10 bits per heavy atom. The standard InChI is InChI=1S/C12H10N6OS/c1-7-9(8-5-3-2-4-6-8)13-12(20-7)14-11(19)10-15-17-18-16-10/h2-6H,1H3,(H,13,14,19)(H,15,16,17,18). The fourth-order valence-corrected chi connectivity index (χ4v) is 2.56.